The number of fused-ring (bicyclic) bond motifs is 2. The van der Waals surface area contributed by atoms with Crippen LogP contribution in [0.3, 0.4) is 0 Å². The standard InChI is InChI=1S/C33H44O4/c1-2-3-4-5-8-11-20-28(21-12-9-6-7-10-13-24-31(34)35)37-33(36)32-29-22-16-14-18-26(29)25-27-19-15-17-23-30(27)32/h14-19,22-23,25,28H,2-13,20-21,24H2,1H3,(H,34,35). The molecular weight excluding hydrogens is 460 g/mol. The molecule has 0 aliphatic rings. The minimum absolute atomic E-state index is 0.0663. The summed E-state index contributed by atoms with van der Waals surface area (Å²) in [5, 5.41) is 12.8. The molecule has 0 aliphatic carbocycles. The summed E-state index contributed by atoms with van der Waals surface area (Å²) in [5.41, 5.74) is 0.681. The zero-order chi connectivity index (χ0) is 26.3. The van der Waals surface area contributed by atoms with Crippen LogP contribution in [0, 0.1) is 0 Å². The number of unbranched alkanes of at least 4 members (excludes halogenated alkanes) is 10. The molecule has 4 nitrogen and oxygen atoms in total. The molecule has 0 saturated heterocycles. The Kier molecular flexibility index (Phi) is 12.5. The lowest BCUT2D eigenvalue weighted by atomic mass is 9.96. The van der Waals surface area contributed by atoms with Crippen LogP contribution in [0.2, 0.25) is 0 Å². The van der Waals surface area contributed by atoms with Crippen molar-refractivity contribution in [1.29, 1.82) is 0 Å². The minimum atomic E-state index is -0.710. The fourth-order valence-electron chi connectivity index (χ4n) is 5.21. The van der Waals surface area contributed by atoms with E-state index in [2.05, 4.69) is 25.1 Å². The van der Waals surface area contributed by atoms with E-state index in [9.17, 15) is 9.59 Å². The predicted molar refractivity (Wildman–Crippen MR) is 153 cm³/mol. The Balaban J connectivity index is 1.63. The molecule has 0 heterocycles. The fraction of sp³-hybridized carbons (Fsp3) is 0.515. The lowest BCUT2D eigenvalue weighted by Gasteiger charge is -2.20. The molecule has 200 valence electrons. The number of hydrogen-bond acceptors (Lipinski definition) is 3. The normalized spacial score (nSPS) is 12.1. The number of carbonyl (C=O) groups excluding carboxylic acids is 1. The maximum absolute atomic E-state index is 13.6. The average Bonchev–Trinajstić information content (AvgIpc) is 2.90. The van der Waals surface area contributed by atoms with Crippen molar-refractivity contribution in [3.63, 3.8) is 0 Å². The molecule has 0 radical (unpaired) electrons. The van der Waals surface area contributed by atoms with Crippen molar-refractivity contribution in [2.75, 3.05) is 0 Å². The van der Waals surface area contributed by atoms with Gasteiger partial charge in [-0.05, 0) is 59.7 Å². The molecule has 3 rings (SSSR count). The van der Waals surface area contributed by atoms with Crippen molar-refractivity contribution in [2.45, 2.75) is 109 Å². The number of carbonyl (C=O) groups is 2. The number of esters is 1. The van der Waals surface area contributed by atoms with Gasteiger partial charge in [-0.15, -0.1) is 0 Å². The summed E-state index contributed by atoms with van der Waals surface area (Å²) in [6.45, 7) is 2.23. The molecule has 0 fully saturated rings. The Morgan fingerprint density at radius 2 is 1.19 bits per heavy atom. The number of aliphatic carboxylic acids is 1. The van der Waals surface area contributed by atoms with Crippen LogP contribution in [0.1, 0.15) is 114 Å². The molecule has 0 spiro atoms. The van der Waals surface area contributed by atoms with Crippen LogP contribution in [0.15, 0.2) is 54.6 Å². The first-order chi connectivity index (χ1) is 18.1. The summed E-state index contributed by atoms with van der Waals surface area (Å²) >= 11 is 0. The van der Waals surface area contributed by atoms with Crippen LogP contribution in [0.4, 0.5) is 0 Å². The van der Waals surface area contributed by atoms with Crippen LogP contribution >= 0.6 is 0 Å². The van der Waals surface area contributed by atoms with Crippen LogP contribution in [-0.2, 0) is 9.53 Å². The smallest absolute Gasteiger partial charge is 0.339 e. The van der Waals surface area contributed by atoms with Gasteiger partial charge in [0.1, 0.15) is 6.10 Å². The van der Waals surface area contributed by atoms with Gasteiger partial charge in [0.05, 0.1) is 5.56 Å². The molecule has 0 saturated carbocycles. The number of carboxylic acid groups (broad SMARTS) is 1. The van der Waals surface area contributed by atoms with E-state index in [4.69, 9.17) is 9.84 Å². The van der Waals surface area contributed by atoms with Gasteiger partial charge in [-0.1, -0.05) is 113 Å². The third kappa shape index (κ3) is 9.50. The molecule has 0 bridgehead atoms. The van der Waals surface area contributed by atoms with Crippen molar-refractivity contribution >= 4 is 33.5 Å². The largest absolute Gasteiger partial charge is 0.481 e. The zero-order valence-electron chi connectivity index (χ0n) is 22.6. The van der Waals surface area contributed by atoms with E-state index in [1.807, 2.05) is 36.4 Å². The van der Waals surface area contributed by atoms with Crippen molar-refractivity contribution in [1.82, 2.24) is 0 Å². The average molecular weight is 505 g/mol. The van der Waals surface area contributed by atoms with E-state index >= 15 is 0 Å². The van der Waals surface area contributed by atoms with Gasteiger partial charge in [0, 0.05) is 6.42 Å². The predicted octanol–water partition coefficient (Wildman–Crippen LogP) is 9.47. The SMILES string of the molecule is CCCCCCCCC(CCCCCCCCC(=O)O)OC(=O)c1c2ccccc2cc2ccccc12. The van der Waals surface area contributed by atoms with Gasteiger partial charge in [-0.25, -0.2) is 4.79 Å². The van der Waals surface area contributed by atoms with E-state index in [1.54, 1.807) is 0 Å². The zero-order valence-corrected chi connectivity index (χ0v) is 22.6. The molecular formula is C33H44O4. The second kappa shape index (κ2) is 16.1. The number of hydrogen-bond donors (Lipinski definition) is 1. The quantitative estimate of drug-likeness (QED) is 0.106. The van der Waals surface area contributed by atoms with Crippen molar-refractivity contribution in [3.05, 3.63) is 60.2 Å². The Morgan fingerprint density at radius 1 is 0.703 bits per heavy atom. The maximum Gasteiger partial charge on any atom is 0.339 e. The summed E-state index contributed by atoms with van der Waals surface area (Å²) in [5.74, 6) is -0.920. The Labute approximate surface area is 222 Å². The highest BCUT2D eigenvalue weighted by atomic mass is 16.5. The third-order valence-electron chi connectivity index (χ3n) is 7.30. The van der Waals surface area contributed by atoms with E-state index in [0.29, 0.717) is 5.56 Å². The summed E-state index contributed by atoms with van der Waals surface area (Å²) in [7, 11) is 0. The lowest BCUT2D eigenvalue weighted by Crippen LogP contribution is -2.19. The van der Waals surface area contributed by atoms with Gasteiger partial charge in [0.15, 0.2) is 0 Å². The highest BCUT2D eigenvalue weighted by Gasteiger charge is 2.20. The number of benzene rings is 3. The number of carboxylic acids is 1. The van der Waals surface area contributed by atoms with E-state index in [-0.39, 0.29) is 18.5 Å². The van der Waals surface area contributed by atoms with Crippen molar-refractivity contribution in [2.24, 2.45) is 0 Å². The second-order valence-electron chi connectivity index (χ2n) is 10.3. The summed E-state index contributed by atoms with van der Waals surface area (Å²) in [6.07, 6.45) is 15.4. The number of ether oxygens (including phenoxy) is 1. The molecule has 37 heavy (non-hydrogen) atoms. The van der Waals surface area contributed by atoms with Gasteiger partial charge in [0.25, 0.3) is 0 Å². The molecule has 3 aromatic rings. The van der Waals surface area contributed by atoms with Gasteiger partial charge >= 0.3 is 11.9 Å². The van der Waals surface area contributed by atoms with Crippen LogP contribution in [-0.4, -0.2) is 23.1 Å². The highest BCUT2D eigenvalue weighted by molar-refractivity contribution is 6.16. The van der Waals surface area contributed by atoms with Gasteiger partial charge < -0.3 is 9.84 Å². The Morgan fingerprint density at radius 3 is 1.73 bits per heavy atom. The van der Waals surface area contributed by atoms with Crippen molar-refractivity contribution in [3.8, 4) is 0 Å². The summed E-state index contributed by atoms with van der Waals surface area (Å²) in [6, 6.07) is 18.3. The fourth-order valence-corrected chi connectivity index (χ4v) is 5.21. The molecule has 0 aromatic heterocycles. The second-order valence-corrected chi connectivity index (χ2v) is 10.3. The van der Waals surface area contributed by atoms with Crippen molar-refractivity contribution < 1.29 is 19.4 Å². The van der Waals surface area contributed by atoms with Gasteiger partial charge in [-0.3, -0.25) is 4.79 Å². The van der Waals surface area contributed by atoms with E-state index in [0.717, 1.165) is 79.3 Å². The molecule has 3 aromatic carbocycles. The Bertz CT molecular complexity index is 1070. The molecule has 1 atom stereocenters. The molecule has 4 heteroatoms. The first-order valence-corrected chi connectivity index (χ1v) is 14.4. The van der Waals surface area contributed by atoms with Gasteiger partial charge in [-0.2, -0.15) is 0 Å². The van der Waals surface area contributed by atoms with E-state index < -0.39 is 5.97 Å². The van der Waals surface area contributed by atoms with Gasteiger partial charge in [0.2, 0.25) is 0 Å². The molecule has 0 amide bonds. The monoisotopic (exact) mass is 504 g/mol. The molecule has 1 unspecified atom stereocenters. The molecule has 0 aliphatic heterocycles. The summed E-state index contributed by atoms with van der Waals surface area (Å²) < 4.78 is 6.25. The topological polar surface area (TPSA) is 63.6 Å². The minimum Gasteiger partial charge on any atom is -0.481 e. The van der Waals surface area contributed by atoms with Crippen LogP contribution in [0.5, 0.6) is 0 Å². The first-order valence-electron chi connectivity index (χ1n) is 14.4. The lowest BCUT2D eigenvalue weighted by molar-refractivity contribution is -0.137. The maximum atomic E-state index is 13.6. The third-order valence-corrected chi connectivity index (χ3v) is 7.30. The summed E-state index contributed by atoms with van der Waals surface area (Å²) in [4.78, 5) is 24.3. The van der Waals surface area contributed by atoms with E-state index in [1.165, 1.54) is 32.1 Å². The Hall–Kier alpha value is -2.88. The first kappa shape index (κ1) is 28.7. The number of rotatable bonds is 18. The highest BCUT2D eigenvalue weighted by Crippen LogP contribution is 2.30. The molecule has 1 N–H and O–H groups in total. The van der Waals surface area contributed by atoms with Crippen LogP contribution in [0.25, 0.3) is 21.5 Å². The van der Waals surface area contributed by atoms with Crippen LogP contribution < -0.4 is 0 Å².